The number of benzene rings is 1. The third-order valence-electron chi connectivity index (χ3n) is 4.30. The van der Waals surface area contributed by atoms with E-state index in [0.717, 1.165) is 19.3 Å². The minimum absolute atomic E-state index is 0.0317. The second-order valence-electron chi connectivity index (χ2n) is 5.70. The molecule has 1 N–H and O–H groups in total. The van der Waals surface area contributed by atoms with Crippen molar-refractivity contribution in [3.63, 3.8) is 0 Å². The standard InChI is InChI=1S/C14H22N2O3S/c1-15(2)14(9-6-10-14)11-16(3)20(18,19)13-8-5-4-7-12(13)17/h4-5,7-8,17H,6,9-11H2,1-3H3. The van der Waals surface area contributed by atoms with Crippen LogP contribution in [-0.2, 0) is 10.0 Å². The predicted octanol–water partition coefficient (Wildman–Crippen LogP) is 1.50. The average Bonchev–Trinajstić information content (AvgIpc) is 2.33. The van der Waals surface area contributed by atoms with Crippen LogP contribution >= 0.6 is 0 Å². The molecule has 0 unspecified atom stereocenters. The van der Waals surface area contributed by atoms with E-state index >= 15 is 0 Å². The minimum atomic E-state index is -3.66. The Morgan fingerprint density at radius 3 is 2.25 bits per heavy atom. The van der Waals surface area contributed by atoms with Crippen molar-refractivity contribution in [1.29, 1.82) is 0 Å². The molecule has 0 heterocycles. The molecular weight excluding hydrogens is 276 g/mol. The highest BCUT2D eigenvalue weighted by Crippen LogP contribution is 2.38. The van der Waals surface area contributed by atoms with Crippen molar-refractivity contribution >= 4 is 10.0 Å². The van der Waals surface area contributed by atoms with Gasteiger partial charge < -0.3 is 10.0 Å². The van der Waals surface area contributed by atoms with Crippen molar-refractivity contribution in [3.05, 3.63) is 24.3 Å². The van der Waals surface area contributed by atoms with Crippen molar-refractivity contribution in [1.82, 2.24) is 9.21 Å². The fourth-order valence-corrected chi connectivity index (χ4v) is 4.00. The molecule has 1 aliphatic carbocycles. The zero-order valence-corrected chi connectivity index (χ0v) is 13.0. The summed E-state index contributed by atoms with van der Waals surface area (Å²) in [5.41, 5.74) is -0.0772. The van der Waals surface area contributed by atoms with Crippen molar-refractivity contribution in [2.45, 2.75) is 29.7 Å². The number of para-hydroxylation sites is 1. The molecule has 5 nitrogen and oxygen atoms in total. The maximum absolute atomic E-state index is 12.5. The number of rotatable bonds is 5. The first-order valence-electron chi connectivity index (χ1n) is 6.71. The molecule has 6 heteroatoms. The van der Waals surface area contributed by atoms with Crippen LogP contribution < -0.4 is 0 Å². The predicted molar refractivity (Wildman–Crippen MR) is 78.2 cm³/mol. The Bertz CT molecular complexity index is 580. The molecule has 20 heavy (non-hydrogen) atoms. The highest BCUT2D eigenvalue weighted by atomic mass is 32.2. The lowest BCUT2D eigenvalue weighted by atomic mass is 9.75. The largest absolute Gasteiger partial charge is 0.507 e. The van der Waals surface area contributed by atoms with E-state index in [1.807, 2.05) is 14.1 Å². The molecule has 0 spiro atoms. The van der Waals surface area contributed by atoms with Gasteiger partial charge in [-0.3, -0.25) is 0 Å². The van der Waals surface area contributed by atoms with Crippen molar-refractivity contribution < 1.29 is 13.5 Å². The van der Waals surface area contributed by atoms with Gasteiger partial charge in [-0.05, 0) is 45.5 Å². The molecule has 0 amide bonds. The number of sulfonamides is 1. The molecule has 1 aromatic carbocycles. The van der Waals surface area contributed by atoms with Crippen molar-refractivity contribution in [2.75, 3.05) is 27.7 Å². The Morgan fingerprint density at radius 1 is 1.20 bits per heavy atom. The zero-order chi connectivity index (χ0) is 15.0. The second-order valence-corrected chi connectivity index (χ2v) is 7.71. The number of likely N-dealkylation sites (N-methyl/N-ethyl adjacent to an activating group) is 2. The summed E-state index contributed by atoms with van der Waals surface area (Å²) >= 11 is 0. The average molecular weight is 298 g/mol. The lowest BCUT2D eigenvalue weighted by molar-refractivity contribution is 0.0455. The Kier molecular flexibility index (Phi) is 4.09. The second kappa shape index (κ2) is 5.35. The monoisotopic (exact) mass is 298 g/mol. The number of aromatic hydroxyl groups is 1. The Balaban J connectivity index is 2.24. The molecule has 0 aliphatic heterocycles. The fraction of sp³-hybridized carbons (Fsp3) is 0.571. The Hall–Kier alpha value is -1.11. The van der Waals surface area contributed by atoms with Crippen molar-refractivity contribution in [3.8, 4) is 5.75 Å². The normalized spacial score (nSPS) is 18.2. The molecule has 1 fully saturated rings. The Morgan fingerprint density at radius 2 is 1.80 bits per heavy atom. The van der Waals surface area contributed by atoms with E-state index in [1.165, 1.54) is 16.4 Å². The molecule has 1 saturated carbocycles. The molecule has 0 atom stereocenters. The molecular formula is C14H22N2O3S. The third-order valence-corrected chi connectivity index (χ3v) is 6.15. The van der Waals surface area contributed by atoms with E-state index in [-0.39, 0.29) is 16.2 Å². The van der Waals surface area contributed by atoms with Gasteiger partial charge in [0.25, 0.3) is 0 Å². The Labute approximate surface area is 120 Å². The van der Waals surface area contributed by atoms with Gasteiger partial charge >= 0.3 is 0 Å². The SMILES string of the molecule is CN(C)C1(CN(C)S(=O)(=O)c2ccccc2O)CCC1. The number of nitrogens with zero attached hydrogens (tertiary/aromatic N) is 2. The number of hydrogen-bond donors (Lipinski definition) is 1. The highest BCUT2D eigenvalue weighted by Gasteiger charge is 2.42. The van der Waals surface area contributed by atoms with Gasteiger partial charge in [0.2, 0.25) is 10.0 Å². The van der Waals surface area contributed by atoms with Gasteiger partial charge in [-0.2, -0.15) is 4.31 Å². The van der Waals surface area contributed by atoms with Gasteiger partial charge in [0.1, 0.15) is 10.6 Å². The van der Waals surface area contributed by atoms with Crippen LogP contribution in [0.15, 0.2) is 29.2 Å². The first-order valence-corrected chi connectivity index (χ1v) is 8.15. The number of phenols is 1. The number of phenolic OH excluding ortho intramolecular Hbond substituents is 1. The van der Waals surface area contributed by atoms with E-state index in [2.05, 4.69) is 4.90 Å². The molecule has 2 rings (SSSR count). The van der Waals surface area contributed by atoms with Crippen LogP contribution in [-0.4, -0.2) is 56.0 Å². The summed E-state index contributed by atoms with van der Waals surface area (Å²) in [5, 5.41) is 9.76. The summed E-state index contributed by atoms with van der Waals surface area (Å²) in [6, 6.07) is 6.06. The quantitative estimate of drug-likeness (QED) is 0.895. The molecule has 0 bridgehead atoms. The lowest BCUT2D eigenvalue weighted by Gasteiger charge is -2.48. The van der Waals surface area contributed by atoms with Crippen LogP contribution in [0, 0.1) is 0 Å². The van der Waals surface area contributed by atoms with Crippen LogP contribution in [0.3, 0.4) is 0 Å². The summed E-state index contributed by atoms with van der Waals surface area (Å²) in [6.45, 7) is 0.441. The maximum atomic E-state index is 12.5. The van der Waals surface area contributed by atoms with E-state index in [1.54, 1.807) is 19.2 Å². The van der Waals surface area contributed by atoms with Crippen LogP contribution in [0.2, 0.25) is 0 Å². The van der Waals surface area contributed by atoms with E-state index < -0.39 is 10.0 Å². The van der Waals surface area contributed by atoms with Gasteiger partial charge in [0.05, 0.1) is 0 Å². The molecule has 1 aromatic rings. The van der Waals surface area contributed by atoms with Crippen LogP contribution in [0.1, 0.15) is 19.3 Å². The van der Waals surface area contributed by atoms with E-state index in [4.69, 9.17) is 0 Å². The van der Waals surface area contributed by atoms with Gasteiger partial charge in [-0.15, -0.1) is 0 Å². The summed E-state index contributed by atoms with van der Waals surface area (Å²) in [5.74, 6) is -0.202. The van der Waals surface area contributed by atoms with E-state index in [9.17, 15) is 13.5 Å². The van der Waals surface area contributed by atoms with Gasteiger partial charge in [0.15, 0.2) is 0 Å². The third kappa shape index (κ3) is 2.55. The zero-order valence-electron chi connectivity index (χ0n) is 12.2. The minimum Gasteiger partial charge on any atom is -0.507 e. The highest BCUT2D eigenvalue weighted by molar-refractivity contribution is 7.89. The topological polar surface area (TPSA) is 60.9 Å². The van der Waals surface area contributed by atoms with Crippen LogP contribution in [0.4, 0.5) is 0 Å². The fourth-order valence-electron chi connectivity index (χ4n) is 2.67. The van der Waals surface area contributed by atoms with Gasteiger partial charge in [-0.1, -0.05) is 12.1 Å². The molecule has 0 aromatic heterocycles. The van der Waals surface area contributed by atoms with Gasteiger partial charge in [-0.25, -0.2) is 8.42 Å². The van der Waals surface area contributed by atoms with Crippen LogP contribution in [0.5, 0.6) is 5.75 Å². The molecule has 0 radical (unpaired) electrons. The summed E-state index contributed by atoms with van der Waals surface area (Å²) in [7, 11) is 1.89. The summed E-state index contributed by atoms with van der Waals surface area (Å²) in [4.78, 5) is 2.07. The lowest BCUT2D eigenvalue weighted by Crippen LogP contribution is -2.57. The van der Waals surface area contributed by atoms with E-state index in [0.29, 0.717) is 6.54 Å². The molecule has 112 valence electrons. The maximum Gasteiger partial charge on any atom is 0.246 e. The summed E-state index contributed by atoms with van der Waals surface area (Å²) < 4.78 is 26.4. The first kappa shape index (κ1) is 15.3. The smallest absolute Gasteiger partial charge is 0.246 e. The first-order chi connectivity index (χ1) is 9.29. The molecule has 0 saturated heterocycles. The summed E-state index contributed by atoms with van der Waals surface area (Å²) in [6.07, 6.45) is 3.13. The number of hydrogen-bond acceptors (Lipinski definition) is 4. The van der Waals surface area contributed by atoms with Crippen LogP contribution in [0.25, 0.3) is 0 Å². The van der Waals surface area contributed by atoms with Gasteiger partial charge in [0, 0.05) is 19.1 Å². The van der Waals surface area contributed by atoms with Crippen molar-refractivity contribution in [2.24, 2.45) is 0 Å². The molecule has 1 aliphatic rings.